The minimum atomic E-state index is -0.409. The van der Waals surface area contributed by atoms with Gasteiger partial charge in [-0.3, -0.25) is 0 Å². The lowest BCUT2D eigenvalue weighted by molar-refractivity contribution is 0.129. The SMILES string of the molecule is O[C@@H]1CN(c2ncccn2)CC[C@H]1c1ccc2ccccc2c1. The molecule has 1 aliphatic heterocycles. The zero-order valence-corrected chi connectivity index (χ0v) is 12.8. The molecule has 1 aromatic heterocycles. The Morgan fingerprint density at radius 3 is 2.52 bits per heavy atom. The van der Waals surface area contributed by atoms with Gasteiger partial charge in [0, 0.05) is 31.4 Å². The Kier molecular flexibility index (Phi) is 3.67. The van der Waals surface area contributed by atoms with Gasteiger partial charge in [0.2, 0.25) is 5.95 Å². The number of aromatic nitrogens is 2. The highest BCUT2D eigenvalue weighted by atomic mass is 16.3. The fourth-order valence-electron chi connectivity index (χ4n) is 3.40. The number of benzene rings is 2. The van der Waals surface area contributed by atoms with E-state index in [-0.39, 0.29) is 5.92 Å². The van der Waals surface area contributed by atoms with Crippen LogP contribution in [-0.2, 0) is 0 Å². The van der Waals surface area contributed by atoms with Crippen LogP contribution in [0.15, 0.2) is 60.9 Å². The number of hydrogen-bond acceptors (Lipinski definition) is 4. The highest BCUT2D eigenvalue weighted by Gasteiger charge is 2.30. The van der Waals surface area contributed by atoms with Crippen LogP contribution in [0.4, 0.5) is 5.95 Å². The van der Waals surface area contributed by atoms with Crippen molar-refractivity contribution < 1.29 is 5.11 Å². The second-order valence-electron chi connectivity index (χ2n) is 6.06. The lowest BCUT2D eigenvalue weighted by atomic mass is 9.86. The molecule has 4 heteroatoms. The molecule has 0 radical (unpaired) electrons. The molecule has 4 nitrogen and oxygen atoms in total. The highest BCUT2D eigenvalue weighted by Crippen LogP contribution is 2.31. The Bertz CT molecular complexity index is 806. The summed E-state index contributed by atoms with van der Waals surface area (Å²) in [6.45, 7) is 1.43. The molecule has 3 aromatic rings. The molecule has 23 heavy (non-hydrogen) atoms. The molecule has 0 unspecified atom stereocenters. The van der Waals surface area contributed by atoms with Crippen LogP contribution in [0.25, 0.3) is 10.8 Å². The van der Waals surface area contributed by atoms with Crippen LogP contribution in [0, 0.1) is 0 Å². The average Bonchev–Trinajstić information content (AvgIpc) is 2.62. The number of piperidine rings is 1. The van der Waals surface area contributed by atoms with Crippen molar-refractivity contribution in [1.82, 2.24) is 9.97 Å². The molecule has 116 valence electrons. The first-order valence-corrected chi connectivity index (χ1v) is 8.00. The minimum absolute atomic E-state index is 0.166. The minimum Gasteiger partial charge on any atom is -0.391 e. The van der Waals surface area contributed by atoms with Crippen molar-refractivity contribution in [1.29, 1.82) is 0 Å². The van der Waals surface area contributed by atoms with Crippen LogP contribution in [0.2, 0.25) is 0 Å². The Morgan fingerprint density at radius 1 is 0.957 bits per heavy atom. The van der Waals surface area contributed by atoms with E-state index in [4.69, 9.17) is 0 Å². The van der Waals surface area contributed by atoms with E-state index in [0.29, 0.717) is 12.5 Å². The van der Waals surface area contributed by atoms with E-state index < -0.39 is 6.10 Å². The van der Waals surface area contributed by atoms with Crippen LogP contribution < -0.4 is 4.90 Å². The van der Waals surface area contributed by atoms with Crippen LogP contribution in [-0.4, -0.2) is 34.3 Å². The number of fused-ring (bicyclic) bond motifs is 1. The maximum Gasteiger partial charge on any atom is 0.225 e. The van der Waals surface area contributed by atoms with Crippen molar-refractivity contribution in [2.75, 3.05) is 18.0 Å². The molecule has 0 spiro atoms. The second-order valence-corrected chi connectivity index (χ2v) is 6.06. The van der Waals surface area contributed by atoms with Gasteiger partial charge in [-0.15, -0.1) is 0 Å². The molecule has 1 fully saturated rings. The Labute approximate surface area is 135 Å². The van der Waals surface area contributed by atoms with E-state index in [1.165, 1.54) is 16.3 Å². The zero-order chi connectivity index (χ0) is 15.6. The van der Waals surface area contributed by atoms with Gasteiger partial charge in [-0.2, -0.15) is 0 Å². The summed E-state index contributed by atoms with van der Waals surface area (Å²) >= 11 is 0. The van der Waals surface area contributed by atoms with Crippen molar-refractivity contribution in [3.05, 3.63) is 66.5 Å². The van der Waals surface area contributed by atoms with E-state index in [1.807, 2.05) is 6.07 Å². The van der Waals surface area contributed by atoms with Gasteiger partial charge < -0.3 is 10.0 Å². The molecule has 1 N–H and O–H groups in total. The molecule has 2 aromatic carbocycles. The number of nitrogens with zero attached hydrogens (tertiary/aromatic N) is 3. The Hall–Kier alpha value is -2.46. The first-order valence-electron chi connectivity index (χ1n) is 8.00. The van der Waals surface area contributed by atoms with Crippen molar-refractivity contribution >= 4 is 16.7 Å². The fraction of sp³-hybridized carbons (Fsp3) is 0.263. The van der Waals surface area contributed by atoms with Crippen molar-refractivity contribution in [2.24, 2.45) is 0 Å². The predicted octanol–water partition coefficient (Wildman–Crippen LogP) is 2.98. The number of aliphatic hydroxyl groups excluding tert-OH is 1. The molecule has 0 amide bonds. The lowest BCUT2D eigenvalue weighted by Crippen LogP contribution is -2.43. The molecule has 0 bridgehead atoms. The lowest BCUT2D eigenvalue weighted by Gasteiger charge is -2.36. The number of rotatable bonds is 2. The molecule has 2 heterocycles. The van der Waals surface area contributed by atoms with Gasteiger partial charge >= 0.3 is 0 Å². The molecular weight excluding hydrogens is 286 g/mol. The van der Waals surface area contributed by atoms with E-state index in [0.717, 1.165) is 13.0 Å². The summed E-state index contributed by atoms with van der Waals surface area (Å²) in [5.74, 6) is 0.864. The summed E-state index contributed by atoms with van der Waals surface area (Å²) in [4.78, 5) is 10.6. The monoisotopic (exact) mass is 305 g/mol. The Balaban J connectivity index is 1.56. The van der Waals surface area contributed by atoms with Crippen LogP contribution >= 0.6 is 0 Å². The number of anilines is 1. The molecule has 1 aliphatic rings. The highest BCUT2D eigenvalue weighted by molar-refractivity contribution is 5.83. The zero-order valence-electron chi connectivity index (χ0n) is 12.8. The van der Waals surface area contributed by atoms with Gasteiger partial charge in [-0.25, -0.2) is 9.97 Å². The molecule has 1 saturated heterocycles. The van der Waals surface area contributed by atoms with Crippen molar-refractivity contribution in [3.63, 3.8) is 0 Å². The average molecular weight is 305 g/mol. The quantitative estimate of drug-likeness (QED) is 0.791. The van der Waals surface area contributed by atoms with Gasteiger partial charge in [0.25, 0.3) is 0 Å². The predicted molar refractivity (Wildman–Crippen MR) is 91.6 cm³/mol. The van der Waals surface area contributed by atoms with Gasteiger partial charge in [0.15, 0.2) is 0 Å². The number of hydrogen-bond donors (Lipinski definition) is 1. The third kappa shape index (κ3) is 2.78. The van der Waals surface area contributed by atoms with E-state index in [1.54, 1.807) is 12.4 Å². The second kappa shape index (κ2) is 5.97. The van der Waals surface area contributed by atoms with Crippen LogP contribution in [0.3, 0.4) is 0 Å². The maximum atomic E-state index is 10.6. The summed E-state index contributed by atoms with van der Waals surface area (Å²) in [6, 6.07) is 16.6. The Morgan fingerprint density at radius 2 is 1.74 bits per heavy atom. The van der Waals surface area contributed by atoms with E-state index >= 15 is 0 Å². The normalized spacial score (nSPS) is 21.5. The third-order valence-corrected chi connectivity index (χ3v) is 4.62. The smallest absolute Gasteiger partial charge is 0.225 e. The first kappa shape index (κ1) is 14.2. The summed E-state index contributed by atoms with van der Waals surface area (Å²) in [7, 11) is 0. The van der Waals surface area contributed by atoms with Gasteiger partial charge in [-0.1, -0.05) is 42.5 Å². The largest absolute Gasteiger partial charge is 0.391 e. The molecule has 2 atom stereocenters. The number of aliphatic hydroxyl groups is 1. The summed E-state index contributed by atoms with van der Waals surface area (Å²) in [5, 5.41) is 13.1. The van der Waals surface area contributed by atoms with Crippen LogP contribution in [0.1, 0.15) is 17.9 Å². The maximum absolute atomic E-state index is 10.6. The standard InChI is InChI=1S/C19H19N3O/c23-18-13-22(19-20-9-3-10-21-19)11-8-17(18)16-7-6-14-4-1-2-5-15(14)12-16/h1-7,9-10,12,17-18,23H,8,11,13H2/t17-,18+/m0/s1. The van der Waals surface area contributed by atoms with Crippen LogP contribution in [0.5, 0.6) is 0 Å². The molecule has 4 rings (SSSR count). The van der Waals surface area contributed by atoms with Gasteiger partial charge in [0.05, 0.1) is 6.10 Å². The van der Waals surface area contributed by atoms with E-state index in [9.17, 15) is 5.11 Å². The van der Waals surface area contributed by atoms with Gasteiger partial charge in [0.1, 0.15) is 0 Å². The first-order chi connectivity index (χ1) is 11.3. The topological polar surface area (TPSA) is 49.2 Å². The van der Waals surface area contributed by atoms with Crippen molar-refractivity contribution in [2.45, 2.75) is 18.4 Å². The number of β-amino-alcohol motifs (C(OH)–C–C–N with tert-alkyl or cyclic N) is 1. The summed E-state index contributed by atoms with van der Waals surface area (Å²) in [5.41, 5.74) is 1.21. The van der Waals surface area contributed by atoms with E-state index in [2.05, 4.69) is 57.3 Å². The molecule has 0 aliphatic carbocycles. The summed E-state index contributed by atoms with van der Waals surface area (Å²) < 4.78 is 0. The molecular formula is C19H19N3O. The van der Waals surface area contributed by atoms with Crippen molar-refractivity contribution in [3.8, 4) is 0 Å². The third-order valence-electron chi connectivity index (χ3n) is 4.62. The fourth-order valence-corrected chi connectivity index (χ4v) is 3.40. The summed E-state index contributed by atoms with van der Waals surface area (Å²) in [6.07, 6.45) is 3.97. The molecule has 0 saturated carbocycles. The van der Waals surface area contributed by atoms with Gasteiger partial charge in [-0.05, 0) is 28.8 Å².